The largest absolute Gasteiger partial charge is 0.323 e. The number of nitrogens with two attached hydrogens (primary N) is 1. The number of pyridine rings is 1. The highest BCUT2D eigenvalue weighted by molar-refractivity contribution is 5.13. The summed E-state index contributed by atoms with van der Waals surface area (Å²) in [4.78, 5) is 4.43. The topological polar surface area (TPSA) is 38.9 Å². The second-order valence-electron chi connectivity index (χ2n) is 3.99. The summed E-state index contributed by atoms with van der Waals surface area (Å²) in [5.41, 5.74) is 8.15. The molecule has 0 amide bonds. The third-order valence-corrected chi connectivity index (χ3v) is 2.57. The second-order valence-corrected chi connectivity index (χ2v) is 3.99. The van der Waals surface area contributed by atoms with Crippen LogP contribution in [0.1, 0.15) is 36.7 Å². The summed E-state index contributed by atoms with van der Waals surface area (Å²) in [6.07, 6.45) is 3.83. The Morgan fingerprint density at radius 1 is 1.54 bits per heavy atom. The molecular formula is C11H16N2. The van der Waals surface area contributed by atoms with Crippen LogP contribution >= 0.6 is 0 Å². The lowest BCUT2D eigenvalue weighted by atomic mass is 10.1. The molecule has 2 heteroatoms. The van der Waals surface area contributed by atoms with E-state index in [4.69, 9.17) is 5.73 Å². The van der Waals surface area contributed by atoms with Crippen molar-refractivity contribution in [2.75, 3.05) is 0 Å². The highest BCUT2D eigenvalue weighted by atomic mass is 14.8. The first-order valence-electron chi connectivity index (χ1n) is 4.95. The monoisotopic (exact) mass is 176 g/mol. The highest BCUT2D eigenvalue weighted by Gasteiger charge is 2.24. The molecular weight excluding hydrogens is 160 g/mol. The van der Waals surface area contributed by atoms with Gasteiger partial charge in [0.15, 0.2) is 0 Å². The van der Waals surface area contributed by atoms with Gasteiger partial charge in [-0.1, -0.05) is 18.9 Å². The Kier molecular flexibility index (Phi) is 2.32. The molecule has 0 aromatic carbocycles. The van der Waals surface area contributed by atoms with Crippen LogP contribution in [0.5, 0.6) is 0 Å². The fourth-order valence-corrected chi connectivity index (χ4v) is 1.60. The van der Waals surface area contributed by atoms with Crippen molar-refractivity contribution in [2.24, 2.45) is 11.7 Å². The lowest BCUT2D eigenvalue weighted by Crippen LogP contribution is -2.12. The molecule has 2 nitrogen and oxygen atoms in total. The van der Waals surface area contributed by atoms with E-state index < -0.39 is 0 Å². The van der Waals surface area contributed by atoms with Crippen LogP contribution in [0.3, 0.4) is 0 Å². The van der Waals surface area contributed by atoms with E-state index in [0.29, 0.717) is 0 Å². The van der Waals surface area contributed by atoms with Gasteiger partial charge >= 0.3 is 0 Å². The number of nitrogens with zero attached hydrogens (tertiary/aromatic N) is 1. The number of aromatic nitrogens is 1. The van der Waals surface area contributed by atoms with Crippen molar-refractivity contribution < 1.29 is 0 Å². The fourth-order valence-electron chi connectivity index (χ4n) is 1.60. The zero-order chi connectivity index (χ0) is 9.26. The molecule has 2 rings (SSSR count). The van der Waals surface area contributed by atoms with E-state index in [-0.39, 0.29) is 6.04 Å². The van der Waals surface area contributed by atoms with Gasteiger partial charge in [0.05, 0.1) is 5.69 Å². The van der Waals surface area contributed by atoms with Crippen molar-refractivity contribution in [3.8, 4) is 0 Å². The van der Waals surface area contributed by atoms with Crippen LogP contribution in [-0.2, 0) is 0 Å². The molecule has 0 unspecified atom stereocenters. The molecule has 13 heavy (non-hydrogen) atoms. The molecule has 2 N–H and O–H groups in total. The van der Waals surface area contributed by atoms with Crippen molar-refractivity contribution in [3.63, 3.8) is 0 Å². The summed E-state index contributed by atoms with van der Waals surface area (Å²) >= 11 is 0. The number of hydrogen-bond acceptors (Lipinski definition) is 2. The van der Waals surface area contributed by atoms with Gasteiger partial charge in [0.2, 0.25) is 0 Å². The smallest absolute Gasteiger partial charge is 0.0574 e. The van der Waals surface area contributed by atoms with Gasteiger partial charge in [-0.2, -0.15) is 0 Å². The average molecular weight is 176 g/mol. The van der Waals surface area contributed by atoms with E-state index in [2.05, 4.69) is 4.98 Å². The maximum absolute atomic E-state index is 6.04. The van der Waals surface area contributed by atoms with Crippen molar-refractivity contribution in [1.29, 1.82) is 0 Å². The first-order chi connectivity index (χ1) is 6.25. The van der Waals surface area contributed by atoms with Gasteiger partial charge in [0.1, 0.15) is 0 Å². The summed E-state index contributed by atoms with van der Waals surface area (Å²) in [5, 5.41) is 0. The summed E-state index contributed by atoms with van der Waals surface area (Å²) < 4.78 is 0. The fraction of sp³-hybridized carbons (Fsp3) is 0.545. The van der Waals surface area contributed by atoms with Crippen LogP contribution in [0.15, 0.2) is 18.2 Å². The molecule has 0 aliphatic heterocycles. The maximum atomic E-state index is 6.04. The molecule has 1 aliphatic carbocycles. The molecule has 1 heterocycles. The molecule has 1 saturated carbocycles. The molecule has 0 saturated heterocycles. The normalized spacial score (nSPS) is 18.6. The first-order valence-corrected chi connectivity index (χ1v) is 4.95. The lowest BCUT2D eigenvalue weighted by Gasteiger charge is -2.10. The quantitative estimate of drug-likeness (QED) is 0.766. The standard InChI is InChI=1S/C11H16N2/c1-8-3-2-4-11(13-8)10(12)7-9-5-6-9/h2-4,9-10H,5-7,12H2,1H3/t10-/m0/s1. The molecule has 1 fully saturated rings. The predicted octanol–water partition coefficient (Wildman–Crippen LogP) is 2.19. The maximum Gasteiger partial charge on any atom is 0.0574 e. The SMILES string of the molecule is Cc1cccc([C@@H](N)CC2CC2)n1. The first kappa shape index (κ1) is 8.70. The van der Waals surface area contributed by atoms with Gasteiger partial charge in [0, 0.05) is 11.7 Å². The zero-order valence-corrected chi connectivity index (χ0v) is 8.03. The Morgan fingerprint density at radius 2 is 2.31 bits per heavy atom. The van der Waals surface area contributed by atoms with Crippen LogP contribution < -0.4 is 5.73 Å². The van der Waals surface area contributed by atoms with Gasteiger partial charge in [-0.25, -0.2) is 0 Å². The van der Waals surface area contributed by atoms with Crippen LogP contribution in [0.4, 0.5) is 0 Å². The zero-order valence-electron chi connectivity index (χ0n) is 8.03. The van der Waals surface area contributed by atoms with Crippen molar-refractivity contribution in [3.05, 3.63) is 29.6 Å². The Labute approximate surface area is 79.2 Å². The van der Waals surface area contributed by atoms with Gasteiger partial charge in [-0.3, -0.25) is 4.98 Å². The minimum absolute atomic E-state index is 0.146. The van der Waals surface area contributed by atoms with Crippen molar-refractivity contribution >= 4 is 0 Å². The van der Waals surface area contributed by atoms with Crippen LogP contribution in [-0.4, -0.2) is 4.98 Å². The predicted molar refractivity (Wildman–Crippen MR) is 53.2 cm³/mol. The molecule has 1 aromatic heterocycles. The summed E-state index contributed by atoms with van der Waals surface area (Å²) in [6.45, 7) is 2.01. The van der Waals surface area contributed by atoms with Gasteiger partial charge in [-0.15, -0.1) is 0 Å². The third-order valence-electron chi connectivity index (χ3n) is 2.57. The van der Waals surface area contributed by atoms with E-state index in [1.807, 2.05) is 25.1 Å². The molecule has 0 bridgehead atoms. The Bertz CT molecular complexity index is 292. The van der Waals surface area contributed by atoms with Gasteiger partial charge < -0.3 is 5.73 Å². The van der Waals surface area contributed by atoms with Crippen LogP contribution in [0, 0.1) is 12.8 Å². The minimum Gasteiger partial charge on any atom is -0.323 e. The minimum atomic E-state index is 0.146. The summed E-state index contributed by atoms with van der Waals surface area (Å²) in [5.74, 6) is 0.873. The number of rotatable bonds is 3. The summed E-state index contributed by atoms with van der Waals surface area (Å²) in [7, 11) is 0. The van der Waals surface area contributed by atoms with E-state index in [9.17, 15) is 0 Å². The molecule has 0 radical (unpaired) electrons. The Balaban J connectivity index is 2.04. The van der Waals surface area contributed by atoms with E-state index >= 15 is 0 Å². The lowest BCUT2D eigenvalue weighted by molar-refractivity contribution is 0.582. The second kappa shape index (κ2) is 3.46. The Hall–Kier alpha value is -0.890. The van der Waals surface area contributed by atoms with Crippen molar-refractivity contribution in [1.82, 2.24) is 4.98 Å². The van der Waals surface area contributed by atoms with Gasteiger partial charge in [0.25, 0.3) is 0 Å². The van der Waals surface area contributed by atoms with Gasteiger partial charge in [-0.05, 0) is 31.4 Å². The van der Waals surface area contributed by atoms with Crippen LogP contribution in [0.25, 0.3) is 0 Å². The highest BCUT2D eigenvalue weighted by Crippen LogP contribution is 2.36. The number of hydrogen-bond donors (Lipinski definition) is 1. The third kappa shape index (κ3) is 2.28. The average Bonchev–Trinajstić information content (AvgIpc) is 2.88. The van der Waals surface area contributed by atoms with Crippen LogP contribution in [0.2, 0.25) is 0 Å². The Morgan fingerprint density at radius 3 is 2.92 bits per heavy atom. The number of aryl methyl sites for hydroxylation is 1. The summed E-state index contributed by atoms with van der Waals surface area (Å²) in [6, 6.07) is 6.21. The molecule has 1 aromatic rings. The van der Waals surface area contributed by atoms with E-state index in [0.717, 1.165) is 23.7 Å². The van der Waals surface area contributed by atoms with E-state index in [1.165, 1.54) is 12.8 Å². The molecule has 1 aliphatic rings. The van der Waals surface area contributed by atoms with Crippen molar-refractivity contribution in [2.45, 2.75) is 32.2 Å². The molecule has 1 atom stereocenters. The molecule has 70 valence electrons. The van der Waals surface area contributed by atoms with E-state index in [1.54, 1.807) is 0 Å². The molecule has 0 spiro atoms.